The maximum Gasteiger partial charge on any atom is 0.341 e. The number of carboxylic acids is 1. The smallest absolute Gasteiger partial charge is 0.341 e. The second-order valence-electron chi connectivity index (χ2n) is 2.29. The summed E-state index contributed by atoms with van der Waals surface area (Å²) in [6.45, 7) is 0. The van der Waals surface area contributed by atoms with Crippen LogP contribution < -0.4 is 11.2 Å². The van der Waals surface area contributed by atoms with Crippen molar-refractivity contribution in [2.45, 2.75) is 0 Å². The molecule has 0 unspecified atom stereocenters. The Morgan fingerprint density at radius 2 is 2.08 bits per heavy atom. The van der Waals surface area contributed by atoms with Gasteiger partial charge in [0, 0.05) is 12.3 Å². The van der Waals surface area contributed by atoms with Gasteiger partial charge in [0.15, 0.2) is 5.43 Å². The van der Waals surface area contributed by atoms with E-state index in [0.717, 1.165) is 12.3 Å². The second kappa shape index (κ2) is 3.10. The Balaban J connectivity index is 3.29. The minimum atomic E-state index is -1.35. The van der Waals surface area contributed by atoms with Gasteiger partial charge in [-0.05, 0) is 0 Å². The average Bonchev–Trinajstić information content (AvgIpc) is 2.03. The maximum absolute atomic E-state index is 11.0. The number of rotatable bonds is 2. The molecule has 1 aromatic heterocycles. The van der Waals surface area contributed by atoms with E-state index in [4.69, 9.17) is 10.8 Å². The molecule has 0 aromatic carbocycles. The summed E-state index contributed by atoms with van der Waals surface area (Å²) >= 11 is 0. The van der Waals surface area contributed by atoms with Crippen molar-refractivity contribution in [3.8, 4) is 0 Å². The van der Waals surface area contributed by atoms with E-state index in [-0.39, 0.29) is 5.69 Å². The fourth-order valence-corrected chi connectivity index (χ4v) is 0.781. The molecule has 0 atom stereocenters. The number of hydrogen-bond acceptors (Lipinski definition) is 3. The minimum absolute atomic E-state index is 0.116. The van der Waals surface area contributed by atoms with E-state index >= 15 is 0 Å². The van der Waals surface area contributed by atoms with Gasteiger partial charge in [0.2, 0.25) is 0 Å². The first-order valence-electron chi connectivity index (χ1n) is 3.28. The van der Waals surface area contributed by atoms with Crippen LogP contribution in [0, 0.1) is 0 Å². The summed E-state index contributed by atoms with van der Waals surface area (Å²) in [5.41, 5.74) is 3.56. The molecule has 13 heavy (non-hydrogen) atoms. The van der Waals surface area contributed by atoms with Crippen molar-refractivity contribution in [3.63, 3.8) is 0 Å². The summed E-state index contributed by atoms with van der Waals surface area (Å²) < 4.78 is 0. The molecule has 4 N–H and O–H groups in total. The number of aromatic carboxylic acids is 1. The zero-order valence-electron chi connectivity index (χ0n) is 6.40. The third-order valence-electron chi connectivity index (χ3n) is 1.41. The van der Waals surface area contributed by atoms with Crippen molar-refractivity contribution in [1.82, 2.24) is 4.98 Å². The van der Waals surface area contributed by atoms with Crippen molar-refractivity contribution in [1.29, 1.82) is 0 Å². The lowest BCUT2D eigenvalue weighted by Crippen LogP contribution is -2.20. The zero-order valence-corrected chi connectivity index (χ0v) is 6.40. The highest BCUT2D eigenvalue weighted by Crippen LogP contribution is 1.92. The van der Waals surface area contributed by atoms with E-state index < -0.39 is 22.9 Å². The molecule has 0 bridgehead atoms. The first-order chi connectivity index (χ1) is 6.02. The SMILES string of the molecule is NC(=O)c1cc(=O)c(C(=O)O)c[nH]1. The number of aromatic amines is 1. The average molecular weight is 182 g/mol. The van der Waals surface area contributed by atoms with Crippen molar-refractivity contribution in [2.75, 3.05) is 0 Å². The van der Waals surface area contributed by atoms with Crippen LogP contribution in [0.5, 0.6) is 0 Å². The summed E-state index contributed by atoms with van der Waals surface area (Å²) in [6.07, 6.45) is 0.935. The molecule has 6 heteroatoms. The van der Waals surface area contributed by atoms with Gasteiger partial charge in [0.1, 0.15) is 11.3 Å². The molecule has 1 heterocycles. The number of carboxylic acid groups (broad SMARTS) is 1. The number of nitrogens with one attached hydrogen (secondary N) is 1. The second-order valence-corrected chi connectivity index (χ2v) is 2.29. The summed E-state index contributed by atoms with van der Waals surface area (Å²) in [7, 11) is 0. The maximum atomic E-state index is 11.0. The highest BCUT2D eigenvalue weighted by atomic mass is 16.4. The third kappa shape index (κ3) is 1.73. The molecule has 0 aliphatic heterocycles. The fraction of sp³-hybridized carbons (Fsp3) is 0. The van der Waals surface area contributed by atoms with Gasteiger partial charge in [0.05, 0.1) is 0 Å². The normalized spacial score (nSPS) is 9.54. The van der Waals surface area contributed by atoms with E-state index in [1.807, 2.05) is 0 Å². The van der Waals surface area contributed by atoms with Crippen molar-refractivity contribution < 1.29 is 14.7 Å². The molecule has 0 aliphatic rings. The molecule has 0 fully saturated rings. The molecule has 0 radical (unpaired) electrons. The Morgan fingerprint density at radius 1 is 1.46 bits per heavy atom. The first-order valence-corrected chi connectivity index (χ1v) is 3.28. The predicted octanol–water partition coefficient (Wildman–Crippen LogP) is -0.828. The Morgan fingerprint density at radius 3 is 2.46 bits per heavy atom. The Bertz CT molecular complexity index is 421. The van der Waals surface area contributed by atoms with E-state index in [9.17, 15) is 14.4 Å². The van der Waals surface area contributed by atoms with Crippen molar-refractivity contribution >= 4 is 11.9 Å². The highest BCUT2D eigenvalue weighted by molar-refractivity contribution is 5.92. The van der Waals surface area contributed by atoms with Crippen LogP contribution in [0.15, 0.2) is 17.1 Å². The number of carbonyl (C=O) groups excluding carboxylic acids is 1. The molecular formula is C7H6N2O4. The molecular weight excluding hydrogens is 176 g/mol. The van der Waals surface area contributed by atoms with Crippen LogP contribution in [0.1, 0.15) is 20.8 Å². The number of nitrogens with two attached hydrogens (primary N) is 1. The largest absolute Gasteiger partial charge is 0.477 e. The number of H-pyrrole nitrogens is 1. The van der Waals surface area contributed by atoms with Gasteiger partial charge in [-0.2, -0.15) is 0 Å². The van der Waals surface area contributed by atoms with Crippen molar-refractivity contribution in [2.24, 2.45) is 5.73 Å². The molecule has 1 amide bonds. The Kier molecular flexibility index (Phi) is 2.14. The number of hydrogen-bond donors (Lipinski definition) is 3. The van der Waals surface area contributed by atoms with E-state index in [2.05, 4.69) is 4.98 Å². The molecule has 0 aliphatic carbocycles. The Hall–Kier alpha value is -2.11. The summed E-state index contributed by atoms with van der Waals surface area (Å²) in [5.74, 6) is -2.16. The van der Waals surface area contributed by atoms with Crippen LogP contribution in [0.2, 0.25) is 0 Å². The van der Waals surface area contributed by atoms with Crippen molar-refractivity contribution in [3.05, 3.63) is 33.7 Å². The number of carbonyl (C=O) groups is 2. The molecule has 6 nitrogen and oxygen atoms in total. The van der Waals surface area contributed by atoms with Gasteiger partial charge < -0.3 is 15.8 Å². The van der Waals surface area contributed by atoms with Crippen LogP contribution in [0.25, 0.3) is 0 Å². The standard InChI is InChI=1S/C7H6N2O4/c8-6(11)4-1-5(10)3(2-9-4)7(12)13/h1-2H,(H2,8,11)(H,9,10)(H,12,13). The topological polar surface area (TPSA) is 113 Å². The van der Waals surface area contributed by atoms with Crippen LogP contribution in [0.4, 0.5) is 0 Å². The zero-order chi connectivity index (χ0) is 10.0. The van der Waals surface area contributed by atoms with Crippen LogP contribution in [-0.4, -0.2) is 22.0 Å². The molecule has 1 rings (SSSR count). The number of aromatic nitrogens is 1. The van der Waals surface area contributed by atoms with Gasteiger partial charge in [0.25, 0.3) is 5.91 Å². The van der Waals surface area contributed by atoms with Gasteiger partial charge in [-0.3, -0.25) is 9.59 Å². The molecule has 0 saturated carbocycles. The first kappa shape index (κ1) is 8.98. The lowest BCUT2D eigenvalue weighted by molar-refractivity contribution is 0.0694. The van der Waals surface area contributed by atoms with Gasteiger partial charge in [-0.15, -0.1) is 0 Å². The lowest BCUT2D eigenvalue weighted by atomic mass is 10.2. The quantitative estimate of drug-likeness (QED) is 0.553. The number of amides is 1. The minimum Gasteiger partial charge on any atom is -0.477 e. The summed E-state index contributed by atoms with van der Waals surface area (Å²) in [4.78, 5) is 34.2. The van der Waals surface area contributed by atoms with Gasteiger partial charge >= 0.3 is 5.97 Å². The van der Waals surface area contributed by atoms with Crippen LogP contribution in [0.3, 0.4) is 0 Å². The molecule has 0 saturated heterocycles. The Labute approximate surface area is 72.0 Å². The van der Waals surface area contributed by atoms with Gasteiger partial charge in [-0.25, -0.2) is 4.79 Å². The van der Waals surface area contributed by atoms with Crippen LogP contribution in [-0.2, 0) is 0 Å². The number of pyridine rings is 1. The summed E-state index contributed by atoms with van der Waals surface area (Å²) in [5, 5.41) is 8.46. The van der Waals surface area contributed by atoms with Crippen LogP contribution >= 0.6 is 0 Å². The predicted molar refractivity (Wildman–Crippen MR) is 42.5 cm³/mol. The van der Waals surface area contributed by atoms with E-state index in [0.29, 0.717) is 0 Å². The molecule has 68 valence electrons. The van der Waals surface area contributed by atoms with E-state index in [1.54, 1.807) is 0 Å². The molecule has 1 aromatic rings. The van der Waals surface area contributed by atoms with Gasteiger partial charge in [-0.1, -0.05) is 0 Å². The fourth-order valence-electron chi connectivity index (χ4n) is 0.781. The molecule has 0 spiro atoms. The number of primary amides is 1. The summed E-state index contributed by atoms with van der Waals surface area (Å²) in [6, 6.07) is 0.853. The highest BCUT2D eigenvalue weighted by Gasteiger charge is 2.10. The van der Waals surface area contributed by atoms with E-state index in [1.165, 1.54) is 0 Å². The lowest BCUT2D eigenvalue weighted by Gasteiger charge is -1.95. The third-order valence-corrected chi connectivity index (χ3v) is 1.41. The monoisotopic (exact) mass is 182 g/mol.